The van der Waals surface area contributed by atoms with E-state index in [1.807, 2.05) is 31.2 Å². The van der Waals surface area contributed by atoms with E-state index in [0.29, 0.717) is 6.61 Å². The molecule has 0 spiro atoms. The molecule has 0 bridgehead atoms. The lowest BCUT2D eigenvalue weighted by atomic mass is 10.1. The molecule has 2 aromatic carbocycles. The number of nitrogens with one attached hydrogen (secondary N) is 1. The first-order valence-electron chi connectivity index (χ1n) is 6.88. The topological polar surface area (TPSA) is 37.9 Å². The van der Waals surface area contributed by atoms with E-state index in [2.05, 4.69) is 35.9 Å². The summed E-state index contributed by atoms with van der Waals surface area (Å²) >= 11 is 0. The predicted octanol–water partition coefficient (Wildman–Crippen LogP) is 4.25. The zero-order valence-corrected chi connectivity index (χ0v) is 12.0. The van der Waals surface area contributed by atoms with Gasteiger partial charge in [0.15, 0.2) is 0 Å². The SMILES string of the molecule is CCOc1c(C)cc(-c2nc3ccccc3[nH]2)cc1C. The van der Waals surface area contributed by atoms with Crippen LogP contribution in [0.4, 0.5) is 0 Å². The molecule has 0 aliphatic carbocycles. The molecular weight excluding hydrogens is 248 g/mol. The van der Waals surface area contributed by atoms with Crippen molar-refractivity contribution in [2.75, 3.05) is 6.61 Å². The molecule has 0 saturated carbocycles. The smallest absolute Gasteiger partial charge is 0.138 e. The molecule has 0 aliphatic heterocycles. The molecule has 0 unspecified atom stereocenters. The third-order valence-corrected chi connectivity index (χ3v) is 3.41. The fourth-order valence-electron chi connectivity index (χ4n) is 2.55. The Labute approximate surface area is 118 Å². The second-order valence-corrected chi connectivity index (χ2v) is 4.97. The number of hydrogen-bond acceptors (Lipinski definition) is 2. The van der Waals surface area contributed by atoms with Crippen LogP contribution in [-0.2, 0) is 0 Å². The molecule has 102 valence electrons. The number of aromatic amines is 1. The molecule has 0 radical (unpaired) electrons. The maximum atomic E-state index is 5.69. The van der Waals surface area contributed by atoms with Gasteiger partial charge in [0.1, 0.15) is 11.6 Å². The minimum absolute atomic E-state index is 0.686. The molecule has 0 amide bonds. The first kappa shape index (κ1) is 12.7. The summed E-state index contributed by atoms with van der Waals surface area (Å²) in [6, 6.07) is 12.3. The molecule has 20 heavy (non-hydrogen) atoms. The van der Waals surface area contributed by atoms with Gasteiger partial charge < -0.3 is 9.72 Å². The molecular formula is C17H18N2O. The average Bonchev–Trinajstić information content (AvgIpc) is 2.86. The number of para-hydroxylation sites is 2. The van der Waals surface area contributed by atoms with Crippen molar-refractivity contribution in [3.63, 3.8) is 0 Å². The maximum absolute atomic E-state index is 5.69. The van der Waals surface area contributed by atoms with Crippen molar-refractivity contribution >= 4 is 11.0 Å². The molecule has 0 atom stereocenters. The summed E-state index contributed by atoms with van der Waals surface area (Å²) in [5.74, 6) is 1.88. The van der Waals surface area contributed by atoms with E-state index >= 15 is 0 Å². The predicted molar refractivity (Wildman–Crippen MR) is 82.2 cm³/mol. The molecule has 1 aromatic heterocycles. The zero-order chi connectivity index (χ0) is 14.1. The molecule has 3 nitrogen and oxygen atoms in total. The van der Waals surface area contributed by atoms with Crippen LogP contribution in [0.1, 0.15) is 18.1 Å². The molecule has 0 fully saturated rings. The van der Waals surface area contributed by atoms with Crippen LogP contribution < -0.4 is 4.74 Å². The molecule has 3 aromatic rings. The van der Waals surface area contributed by atoms with Crippen LogP contribution in [0, 0.1) is 13.8 Å². The van der Waals surface area contributed by atoms with E-state index in [4.69, 9.17) is 4.74 Å². The lowest BCUT2D eigenvalue weighted by Crippen LogP contribution is -1.97. The van der Waals surface area contributed by atoms with Crippen LogP contribution in [-0.4, -0.2) is 16.6 Å². The summed E-state index contributed by atoms with van der Waals surface area (Å²) in [5.41, 5.74) is 5.43. The quantitative estimate of drug-likeness (QED) is 0.769. The largest absolute Gasteiger partial charge is 0.493 e. The van der Waals surface area contributed by atoms with Crippen LogP contribution in [0.2, 0.25) is 0 Å². The highest BCUT2D eigenvalue weighted by Crippen LogP contribution is 2.29. The molecule has 3 heteroatoms. The number of fused-ring (bicyclic) bond motifs is 1. The summed E-state index contributed by atoms with van der Waals surface area (Å²) in [4.78, 5) is 8.01. The van der Waals surface area contributed by atoms with Gasteiger partial charge in [0.2, 0.25) is 0 Å². The Morgan fingerprint density at radius 1 is 1.10 bits per heavy atom. The van der Waals surface area contributed by atoms with Crippen molar-refractivity contribution in [2.24, 2.45) is 0 Å². The molecule has 0 saturated heterocycles. The van der Waals surface area contributed by atoms with E-state index in [1.54, 1.807) is 0 Å². The van der Waals surface area contributed by atoms with Crippen molar-refractivity contribution < 1.29 is 4.74 Å². The van der Waals surface area contributed by atoms with E-state index < -0.39 is 0 Å². The van der Waals surface area contributed by atoms with Crippen molar-refractivity contribution in [3.05, 3.63) is 47.5 Å². The lowest BCUT2D eigenvalue weighted by Gasteiger charge is -2.11. The fourth-order valence-corrected chi connectivity index (χ4v) is 2.55. The zero-order valence-electron chi connectivity index (χ0n) is 12.0. The Bertz CT molecular complexity index is 703. The minimum Gasteiger partial charge on any atom is -0.493 e. The monoisotopic (exact) mass is 266 g/mol. The number of imidazole rings is 1. The van der Waals surface area contributed by atoms with Crippen molar-refractivity contribution in [2.45, 2.75) is 20.8 Å². The third-order valence-electron chi connectivity index (χ3n) is 3.41. The van der Waals surface area contributed by atoms with Gasteiger partial charge in [-0.1, -0.05) is 12.1 Å². The van der Waals surface area contributed by atoms with Crippen molar-refractivity contribution in [1.82, 2.24) is 9.97 Å². The van der Waals surface area contributed by atoms with E-state index in [0.717, 1.165) is 39.3 Å². The number of hydrogen-bond donors (Lipinski definition) is 1. The van der Waals surface area contributed by atoms with Crippen molar-refractivity contribution in [1.29, 1.82) is 0 Å². The highest BCUT2D eigenvalue weighted by Gasteiger charge is 2.10. The van der Waals surface area contributed by atoms with Crippen molar-refractivity contribution in [3.8, 4) is 17.1 Å². The van der Waals surface area contributed by atoms with Crippen LogP contribution in [0.25, 0.3) is 22.4 Å². The van der Waals surface area contributed by atoms with Gasteiger partial charge >= 0.3 is 0 Å². The lowest BCUT2D eigenvalue weighted by molar-refractivity contribution is 0.335. The Morgan fingerprint density at radius 2 is 1.80 bits per heavy atom. The molecule has 3 rings (SSSR count). The number of rotatable bonds is 3. The van der Waals surface area contributed by atoms with Crippen LogP contribution in [0.15, 0.2) is 36.4 Å². The second-order valence-electron chi connectivity index (χ2n) is 4.97. The van der Waals surface area contributed by atoms with Gasteiger partial charge in [-0.3, -0.25) is 0 Å². The Balaban J connectivity index is 2.10. The van der Waals surface area contributed by atoms with Crippen LogP contribution in [0.3, 0.4) is 0 Å². The third kappa shape index (κ3) is 2.16. The Hall–Kier alpha value is -2.29. The summed E-state index contributed by atoms with van der Waals surface area (Å²) in [7, 11) is 0. The second kappa shape index (κ2) is 5.00. The maximum Gasteiger partial charge on any atom is 0.138 e. The van der Waals surface area contributed by atoms with Gasteiger partial charge in [0.05, 0.1) is 17.6 Å². The molecule has 0 aliphatic rings. The highest BCUT2D eigenvalue weighted by molar-refractivity contribution is 5.79. The minimum atomic E-state index is 0.686. The van der Waals surface area contributed by atoms with Crippen LogP contribution >= 0.6 is 0 Å². The van der Waals surface area contributed by atoms with Gasteiger partial charge in [0, 0.05) is 5.56 Å². The summed E-state index contributed by atoms with van der Waals surface area (Å²) in [5, 5.41) is 0. The first-order valence-corrected chi connectivity index (χ1v) is 6.88. The number of aryl methyl sites for hydroxylation is 2. The number of aromatic nitrogens is 2. The molecule has 1 N–H and O–H groups in total. The van der Waals surface area contributed by atoms with Gasteiger partial charge in [0.25, 0.3) is 0 Å². The average molecular weight is 266 g/mol. The highest BCUT2D eigenvalue weighted by atomic mass is 16.5. The standard InChI is InChI=1S/C17H18N2O/c1-4-20-16-11(2)9-13(10-12(16)3)17-18-14-7-5-6-8-15(14)19-17/h5-10H,4H2,1-3H3,(H,18,19). The number of ether oxygens (including phenoxy) is 1. The number of nitrogens with zero attached hydrogens (tertiary/aromatic N) is 1. The van der Waals surface area contributed by atoms with E-state index in [1.165, 1.54) is 0 Å². The van der Waals surface area contributed by atoms with E-state index in [-0.39, 0.29) is 0 Å². The van der Waals surface area contributed by atoms with Crippen LogP contribution in [0.5, 0.6) is 5.75 Å². The van der Waals surface area contributed by atoms with Gasteiger partial charge in [-0.2, -0.15) is 0 Å². The normalized spacial score (nSPS) is 10.9. The summed E-state index contributed by atoms with van der Waals surface area (Å²) in [6.07, 6.45) is 0. The number of benzene rings is 2. The van der Waals surface area contributed by atoms with Gasteiger partial charge in [-0.05, 0) is 56.2 Å². The Morgan fingerprint density at radius 3 is 2.45 bits per heavy atom. The summed E-state index contributed by atoms with van der Waals surface area (Å²) in [6.45, 7) is 6.84. The van der Waals surface area contributed by atoms with Gasteiger partial charge in [-0.25, -0.2) is 4.98 Å². The Kier molecular flexibility index (Phi) is 3.18. The van der Waals surface area contributed by atoms with Gasteiger partial charge in [-0.15, -0.1) is 0 Å². The first-order chi connectivity index (χ1) is 9.69. The van der Waals surface area contributed by atoms with E-state index in [9.17, 15) is 0 Å². The fraction of sp³-hybridized carbons (Fsp3) is 0.235. The molecule has 1 heterocycles. The summed E-state index contributed by atoms with van der Waals surface area (Å²) < 4.78 is 5.69. The number of H-pyrrole nitrogens is 1.